The van der Waals surface area contributed by atoms with Gasteiger partial charge in [0.15, 0.2) is 5.17 Å². The molecule has 0 bridgehead atoms. The third-order valence-corrected chi connectivity index (χ3v) is 4.12. The molecule has 1 atom stereocenters. The second-order valence-electron chi connectivity index (χ2n) is 4.76. The molecular formula is C14H19N3OS. The number of thioether (sulfide) groups is 1. The molecule has 1 aromatic carbocycles. The van der Waals surface area contributed by atoms with E-state index in [1.807, 2.05) is 19.1 Å². The van der Waals surface area contributed by atoms with E-state index in [-0.39, 0.29) is 5.54 Å². The monoisotopic (exact) mass is 277 g/mol. The minimum atomic E-state index is -0.237. The Morgan fingerprint density at radius 2 is 2.32 bits per heavy atom. The van der Waals surface area contributed by atoms with Crippen molar-refractivity contribution in [2.75, 3.05) is 12.9 Å². The van der Waals surface area contributed by atoms with Crippen LogP contribution in [-0.4, -0.2) is 23.7 Å². The number of nitrogens with zero attached hydrogens (tertiary/aromatic N) is 2. The SMILES string of the molecule is CON=C(C)c1cccc(C2(C)CCSC(N)=N2)c1. The molecule has 1 aromatic rings. The van der Waals surface area contributed by atoms with E-state index in [1.165, 1.54) is 5.56 Å². The van der Waals surface area contributed by atoms with Gasteiger partial charge in [-0.05, 0) is 37.5 Å². The van der Waals surface area contributed by atoms with E-state index in [0.29, 0.717) is 5.17 Å². The zero-order valence-corrected chi connectivity index (χ0v) is 12.3. The van der Waals surface area contributed by atoms with Crippen molar-refractivity contribution >= 4 is 22.6 Å². The summed E-state index contributed by atoms with van der Waals surface area (Å²) in [5, 5.41) is 4.64. The van der Waals surface area contributed by atoms with Gasteiger partial charge in [0, 0.05) is 5.75 Å². The second kappa shape index (κ2) is 5.65. The van der Waals surface area contributed by atoms with Crippen LogP contribution in [0.2, 0.25) is 0 Å². The van der Waals surface area contributed by atoms with Crippen molar-refractivity contribution in [2.45, 2.75) is 25.8 Å². The van der Waals surface area contributed by atoms with Crippen LogP contribution in [0, 0.1) is 0 Å². The predicted octanol–water partition coefficient (Wildman–Crippen LogP) is 2.72. The van der Waals surface area contributed by atoms with Gasteiger partial charge < -0.3 is 10.6 Å². The number of nitrogens with two attached hydrogens (primary N) is 1. The average Bonchev–Trinajstić information content (AvgIpc) is 2.39. The maximum absolute atomic E-state index is 5.86. The van der Waals surface area contributed by atoms with Crippen molar-refractivity contribution in [3.63, 3.8) is 0 Å². The number of hydrogen-bond donors (Lipinski definition) is 1. The lowest BCUT2D eigenvalue weighted by Crippen LogP contribution is -2.28. The van der Waals surface area contributed by atoms with Crippen LogP contribution in [-0.2, 0) is 10.4 Å². The molecule has 102 valence electrons. The smallest absolute Gasteiger partial charge is 0.154 e. The number of aliphatic imine (C=N–C) groups is 1. The standard InChI is InChI=1S/C14H19N3OS/c1-10(17-18-3)11-5-4-6-12(9-11)14(2)7-8-19-13(15)16-14/h4-6,9H,7-8H2,1-3H3,(H2,15,16). The molecule has 19 heavy (non-hydrogen) atoms. The van der Waals surface area contributed by atoms with Crippen LogP contribution in [0.1, 0.15) is 31.4 Å². The van der Waals surface area contributed by atoms with E-state index in [4.69, 9.17) is 10.6 Å². The Balaban J connectivity index is 2.38. The highest BCUT2D eigenvalue weighted by Crippen LogP contribution is 2.35. The van der Waals surface area contributed by atoms with Crippen LogP contribution in [0.15, 0.2) is 34.4 Å². The quantitative estimate of drug-likeness (QED) is 0.682. The summed E-state index contributed by atoms with van der Waals surface area (Å²) in [7, 11) is 1.55. The van der Waals surface area contributed by atoms with Gasteiger partial charge in [-0.2, -0.15) is 0 Å². The average molecular weight is 277 g/mol. The molecule has 1 heterocycles. The third kappa shape index (κ3) is 3.10. The molecular weight excluding hydrogens is 258 g/mol. The van der Waals surface area contributed by atoms with Gasteiger partial charge in [-0.25, -0.2) is 0 Å². The van der Waals surface area contributed by atoms with Gasteiger partial charge in [-0.15, -0.1) is 0 Å². The zero-order valence-electron chi connectivity index (χ0n) is 11.5. The van der Waals surface area contributed by atoms with Crippen molar-refractivity contribution < 1.29 is 4.84 Å². The normalized spacial score (nSPS) is 23.9. The van der Waals surface area contributed by atoms with E-state index in [2.05, 4.69) is 29.2 Å². The van der Waals surface area contributed by atoms with E-state index in [9.17, 15) is 0 Å². The molecule has 1 aliphatic heterocycles. The van der Waals surface area contributed by atoms with Crippen molar-refractivity contribution in [1.82, 2.24) is 0 Å². The summed E-state index contributed by atoms with van der Waals surface area (Å²) in [4.78, 5) is 9.44. The van der Waals surface area contributed by atoms with Gasteiger partial charge in [0.25, 0.3) is 0 Å². The van der Waals surface area contributed by atoms with Crippen molar-refractivity contribution in [1.29, 1.82) is 0 Å². The highest BCUT2D eigenvalue weighted by molar-refractivity contribution is 8.13. The summed E-state index contributed by atoms with van der Waals surface area (Å²) in [6.45, 7) is 4.06. The number of hydrogen-bond acceptors (Lipinski definition) is 5. The first-order valence-electron chi connectivity index (χ1n) is 6.22. The summed E-state index contributed by atoms with van der Waals surface area (Å²) < 4.78 is 0. The van der Waals surface area contributed by atoms with Crippen molar-refractivity contribution in [3.05, 3.63) is 35.4 Å². The molecule has 0 aliphatic carbocycles. The van der Waals surface area contributed by atoms with Crippen molar-refractivity contribution in [3.8, 4) is 0 Å². The minimum Gasteiger partial charge on any atom is -0.399 e. The van der Waals surface area contributed by atoms with Crippen LogP contribution >= 0.6 is 11.8 Å². The van der Waals surface area contributed by atoms with Gasteiger partial charge in [0.1, 0.15) is 7.11 Å². The van der Waals surface area contributed by atoms with Crippen LogP contribution in [0.25, 0.3) is 0 Å². The first-order valence-corrected chi connectivity index (χ1v) is 7.20. The first-order chi connectivity index (χ1) is 9.05. The summed E-state index contributed by atoms with van der Waals surface area (Å²) in [5.41, 5.74) is 8.70. The van der Waals surface area contributed by atoms with Crippen LogP contribution in [0.4, 0.5) is 0 Å². The number of benzene rings is 1. The maximum Gasteiger partial charge on any atom is 0.154 e. The molecule has 0 saturated heterocycles. The fraction of sp³-hybridized carbons (Fsp3) is 0.429. The Morgan fingerprint density at radius 3 is 3.00 bits per heavy atom. The molecule has 0 fully saturated rings. The molecule has 0 saturated carbocycles. The molecule has 2 N–H and O–H groups in total. The number of amidine groups is 1. The van der Waals surface area contributed by atoms with Crippen LogP contribution in [0.5, 0.6) is 0 Å². The fourth-order valence-electron chi connectivity index (χ4n) is 2.16. The van der Waals surface area contributed by atoms with E-state index < -0.39 is 0 Å². The molecule has 0 radical (unpaired) electrons. The van der Waals surface area contributed by atoms with Crippen molar-refractivity contribution in [2.24, 2.45) is 15.9 Å². The van der Waals surface area contributed by atoms with E-state index in [1.54, 1.807) is 18.9 Å². The summed E-state index contributed by atoms with van der Waals surface area (Å²) in [6, 6.07) is 8.26. The lowest BCUT2D eigenvalue weighted by molar-refractivity contribution is 0.213. The van der Waals surface area contributed by atoms with Crippen LogP contribution < -0.4 is 5.73 Å². The first kappa shape index (κ1) is 13.9. The maximum atomic E-state index is 5.86. The summed E-state index contributed by atoms with van der Waals surface area (Å²) >= 11 is 1.62. The Bertz CT molecular complexity index is 527. The molecule has 0 aromatic heterocycles. The number of oxime groups is 1. The Labute approximate surface area is 118 Å². The minimum absolute atomic E-state index is 0.237. The van der Waals surface area contributed by atoms with Gasteiger partial charge in [0.05, 0.1) is 11.3 Å². The summed E-state index contributed by atoms with van der Waals surface area (Å²) in [6.07, 6.45) is 0.988. The molecule has 0 spiro atoms. The van der Waals surface area contributed by atoms with Gasteiger partial charge in [-0.1, -0.05) is 35.1 Å². The molecule has 4 nitrogen and oxygen atoms in total. The van der Waals surface area contributed by atoms with Gasteiger partial charge in [-0.3, -0.25) is 4.99 Å². The Morgan fingerprint density at radius 1 is 1.53 bits per heavy atom. The zero-order chi connectivity index (χ0) is 13.9. The molecule has 0 amide bonds. The van der Waals surface area contributed by atoms with Gasteiger partial charge >= 0.3 is 0 Å². The predicted molar refractivity (Wildman–Crippen MR) is 81.7 cm³/mol. The highest BCUT2D eigenvalue weighted by atomic mass is 32.2. The topological polar surface area (TPSA) is 60.0 Å². The summed E-state index contributed by atoms with van der Waals surface area (Å²) in [5.74, 6) is 1.00. The lowest BCUT2D eigenvalue weighted by Gasteiger charge is -2.30. The highest BCUT2D eigenvalue weighted by Gasteiger charge is 2.29. The molecule has 1 aliphatic rings. The lowest BCUT2D eigenvalue weighted by atomic mass is 9.88. The third-order valence-electron chi connectivity index (χ3n) is 3.33. The molecule has 2 rings (SSSR count). The molecule has 1 unspecified atom stereocenters. The van der Waals surface area contributed by atoms with E-state index >= 15 is 0 Å². The van der Waals surface area contributed by atoms with Gasteiger partial charge in [0.2, 0.25) is 0 Å². The Kier molecular flexibility index (Phi) is 4.14. The second-order valence-corrected chi connectivity index (χ2v) is 5.88. The van der Waals surface area contributed by atoms with Crippen LogP contribution in [0.3, 0.4) is 0 Å². The van der Waals surface area contributed by atoms with E-state index in [0.717, 1.165) is 23.4 Å². The largest absolute Gasteiger partial charge is 0.399 e. The fourth-order valence-corrected chi connectivity index (χ4v) is 3.14. The Hall–Kier alpha value is -1.49. The molecule has 5 heteroatoms. The number of rotatable bonds is 3.